The van der Waals surface area contributed by atoms with E-state index in [4.69, 9.17) is 7.85 Å². The van der Waals surface area contributed by atoms with Crippen molar-refractivity contribution < 1.29 is 0 Å². The van der Waals surface area contributed by atoms with Crippen molar-refractivity contribution in [3.63, 3.8) is 0 Å². The van der Waals surface area contributed by atoms with Gasteiger partial charge in [-0.05, 0) is 6.42 Å². The molecule has 1 aromatic carbocycles. The van der Waals surface area contributed by atoms with Gasteiger partial charge in [-0.2, -0.15) is 0 Å². The molecule has 0 saturated carbocycles. The van der Waals surface area contributed by atoms with E-state index in [9.17, 15) is 0 Å². The maximum Gasteiger partial charge on any atom is 0.114 e. The maximum absolute atomic E-state index is 5.71. The van der Waals surface area contributed by atoms with Crippen LogP contribution >= 0.6 is 0 Å². The van der Waals surface area contributed by atoms with Crippen molar-refractivity contribution in [2.45, 2.75) is 19.8 Å². The number of hydrogen-bond donors (Lipinski definition) is 0. The second kappa shape index (κ2) is 3.45. The summed E-state index contributed by atoms with van der Waals surface area (Å²) in [6.45, 7) is 2.16. The number of hydrogen-bond acceptors (Lipinski definition) is 0. The third kappa shape index (κ3) is 1.63. The molecule has 0 atom stereocenters. The third-order valence-corrected chi connectivity index (χ3v) is 1.57. The fraction of sp³-hybridized carbons (Fsp3) is 0.333. The first-order valence-electron chi connectivity index (χ1n) is 3.68. The molecule has 50 valence electrons. The standard InChI is InChI=1S/C9H11B/c1-2-5-8-6-3-4-7-9(8)10/h3-4,6-7H,2,5H2,1H3. The fourth-order valence-electron chi connectivity index (χ4n) is 1.03. The Hall–Kier alpha value is -0.715. The molecule has 0 saturated heterocycles. The number of benzene rings is 1. The van der Waals surface area contributed by atoms with Crippen LogP contribution in [0.4, 0.5) is 0 Å². The summed E-state index contributed by atoms with van der Waals surface area (Å²) in [5.74, 6) is 0. The van der Waals surface area contributed by atoms with Crippen LogP contribution in [-0.2, 0) is 6.42 Å². The molecule has 10 heavy (non-hydrogen) atoms. The lowest BCUT2D eigenvalue weighted by atomic mass is 9.89. The Balaban J connectivity index is 2.81. The summed E-state index contributed by atoms with van der Waals surface area (Å²) in [4.78, 5) is 0. The van der Waals surface area contributed by atoms with Crippen LogP contribution in [-0.4, -0.2) is 7.85 Å². The summed E-state index contributed by atoms with van der Waals surface area (Å²) < 4.78 is 0. The van der Waals surface area contributed by atoms with E-state index in [1.54, 1.807) is 0 Å². The second-order valence-electron chi connectivity index (χ2n) is 2.45. The zero-order valence-corrected chi connectivity index (χ0v) is 6.30. The molecule has 0 nitrogen and oxygen atoms in total. The van der Waals surface area contributed by atoms with E-state index in [2.05, 4.69) is 13.0 Å². The van der Waals surface area contributed by atoms with Crippen LogP contribution in [0.25, 0.3) is 0 Å². The van der Waals surface area contributed by atoms with Crippen LogP contribution in [0.5, 0.6) is 0 Å². The van der Waals surface area contributed by atoms with Gasteiger partial charge in [0.25, 0.3) is 0 Å². The molecule has 0 aliphatic carbocycles. The highest BCUT2D eigenvalue weighted by atomic mass is 13.9. The third-order valence-electron chi connectivity index (χ3n) is 1.57. The van der Waals surface area contributed by atoms with Gasteiger partial charge >= 0.3 is 0 Å². The SMILES string of the molecule is [B]c1ccccc1CCC. The molecule has 1 heteroatoms. The topological polar surface area (TPSA) is 0 Å². The Kier molecular flexibility index (Phi) is 2.55. The van der Waals surface area contributed by atoms with Gasteiger partial charge in [0.05, 0.1) is 0 Å². The molecule has 1 rings (SSSR count). The zero-order valence-electron chi connectivity index (χ0n) is 6.30. The van der Waals surface area contributed by atoms with E-state index >= 15 is 0 Å². The predicted molar refractivity (Wildman–Crippen MR) is 45.8 cm³/mol. The van der Waals surface area contributed by atoms with Crippen molar-refractivity contribution in [2.75, 3.05) is 0 Å². The van der Waals surface area contributed by atoms with Crippen molar-refractivity contribution in [1.29, 1.82) is 0 Å². The summed E-state index contributed by atoms with van der Waals surface area (Å²) in [6, 6.07) is 8.03. The molecule has 0 aromatic heterocycles. The maximum atomic E-state index is 5.71. The fourth-order valence-corrected chi connectivity index (χ4v) is 1.03. The average Bonchev–Trinajstić information content (AvgIpc) is 1.94. The summed E-state index contributed by atoms with van der Waals surface area (Å²) in [5.41, 5.74) is 2.19. The first kappa shape index (κ1) is 7.39. The average molecular weight is 130 g/mol. The van der Waals surface area contributed by atoms with Gasteiger partial charge in [-0.3, -0.25) is 0 Å². The van der Waals surface area contributed by atoms with Crippen molar-refractivity contribution in [3.8, 4) is 0 Å². The van der Waals surface area contributed by atoms with E-state index in [1.807, 2.05) is 18.2 Å². The molecule has 0 heterocycles. The van der Waals surface area contributed by atoms with E-state index in [0.717, 1.165) is 18.3 Å². The molecule has 0 aliphatic heterocycles. The molecule has 1 aromatic rings. The Morgan fingerprint density at radius 3 is 2.60 bits per heavy atom. The Morgan fingerprint density at radius 2 is 2.00 bits per heavy atom. The minimum atomic E-state index is 0.921. The van der Waals surface area contributed by atoms with Crippen molar-refractivity contribution in [1.82, 2.24) is 0 Å². The smallest absolute Gasteiger partial charge is 0.0935 e. The first-order chi connectivity index (χ1) is 4.84. The van der Waals surface area contributed by atoms with Gasteiger partial charge in [-0.15, -0.1) is 0 Å². The van der Waals surface area contributed by atoms with Crippen molar-refractivity contribution in [3.05, 3.63) is 29.8 Å². The lowest BCUT2D eigenvalue weighted by molar-refractivity contribution is 0.927. The van der Waals surface area contributed by atoms with Crippen molar-refractivity contribution >= 4 is 13.3 Å². The quantitative estimate of drug-likeness (QED) is 0.531. The number of rotatable bonds is 2. The van der Waals surface area contributed by atoms with E-state index in [0.29, 0.717) is 0 Å². The Bertz CT molecular complexity index is 206. The largest absolute Gasteiger partial charge is 0.114 e. The zero-order chi connectivity index (χ0) is 7.40. The normalized spacial score (nSPS) is 9.70. The highest BCUT2D eigenvalue weighted by Crippen LogP contribution is 1.97. The minimum Gasteiger partial charge on any atom is -0.0935 e. The van der Waals surface area contributed by atoms with E-state index < -0.39 is 0 Å². The summed E-state index contributed by atoms with van der Waals surface area (Å²) >= 11 is 0. The highest BCUT2D eigenvalue weighted by molar-refractivity contribution is 6.33. The molecule has 2 radical (unpaired) electrons. The predicted octanol–water partition coefficient (Wildman–Crippen LogP) is 1.43. The van der Waals surface area contributed by atoms with Gasteiger partial charge in [0.15, 0.2) is 0 Å². The van der Waals surface area contributed by atoms with Crippen LogP contribution in [0.1, 0.15) is 18.9 Å². The molecule has 0 aliphatic rings. The molecule has 0 N–H and O–H groups in total. The Morgan fingerprint density at radius 1 is 1.30 bits per heavy atom. The molecule has 0 spiro atoms. The van der Waals surface area contributed by atoms with Crippen LogP contribution in [0.2, 0.25) is 0 Å². The van der Waals surface area contributed by atoms with Crippen LogP contribution in [0.3, 0.4) is 0 Å². The second-order valence-corrected chi connectivity index (χ2v) is 2.45. The lowest BCUT2D eigenvalue weighted by Gasteiger charge is -2.01. The van der Waals surface area contributed by atoms with Gasteiger partial charge in [0.1, 0.15) is 7.85 Å². The lowest BCUT2D eigenvalue weighted by Crippen LogP contribution is -2.08. The molecule has 0 amide bonds. The van der Waals surface area contributed by atoms with Crippen LogP contribution in [0, 0.1) is 0 Å². The molecular formula is C9H11B. The van der Waals surface area contributed by atoms with Gasteiger partial charge in [0.2, 0.25) is 0 Å². The van der Waals surface area contributed by atoms with Gasteiger partial charge in [0, 0.05) is 0 Å². The van der Waals surface area contributed by atoms with E-state index in [1.165, 1.54) is 5.56 Å². The van der Waals surface area contributed by atoms with Gasteiger partial charge < -0.3 is 0 Å². The first-order valence-corrected chi connectivity index (χ1v) is 3.68. The van der Waals surface area contributed by atoms with Crippen molar-refractivity contribution in [2.24, 2.45) is 0 Å². The summed E-state index contributed by atoms with van der Waals surface area (Å²) in [7, 11) is 5.71. The molecule has 0 bridgehead atoms. The molecular weight excluding hydrogens is 119 g/mol. The molecule has 0 unspecified atom stereocenters. The molecule has 0 fully saturated rings. The highest BCUT2D eigenvalue weighted by Gasteiger charge is 1.91. The Labute approximate surface area is 63.7 Å². The van der Waals surface area contributed by atoms with E-state index in [-0.39, 0.29) is 0 Å². The number of aryl methyl sites for hydroxylation is 1. The minimum absolute atomic E-state index is 0.921. The van der Waals surface area contributed by atoms with Crippen LogP contribution < -0.4 is 5.46 Å². The van der Waals surface area contributed by atoms with Crippen LogP contribution in [0.15, 0.2) is 24.3 Å². The van der Waals surface area contributed by atoms with Gasteiger partial charge in [-0.25, -0.2) is 0 Å². The summed E-state index contributed by atoms with van der Waals surface area (Å²) in [5, 5.41) is 0. The van der Waals surface area contributed by atoms with Gasteiger partial charge in [-0.1, -0.05) is 48.6 Å². The monoisotopic (exact) mass is 130 g/mol. The summed E-state index contributed by atoms with van der Waals surface area (Å²) in [6.07, 6.45) is 2.25.